The van der Waals surface area contributed by atoms with Crippen molar-refractivity contribution in [1.29, 1.82) is 0 Å². The van der Waals surface area contributed by atoms with Crippen molar-refractivity contribution in [3.8, 4) is 0 Å². The molecule has 190 valence electrons. The molecule has 35 heavy (non-hydrogen) atoms. The standard InChI is InChI=1S/C24H32N4O6S/c1-34-15-14-28(13-11-23(29)30)35(32,33)20-8-6-19(7-9-20)21(16-18-4-2-3-5-18)24(31)27-22-10-12-25-17-26-22/h6-10,12,17-18,21H,2-5,11,13-16H2,1H3,(H,29,30)(H,25,26,27,31)/t21-/m1/s1. The van der Waals surface area contributed by atoms with Crippen LogP contribution in [-0.2, 0) is 24.3 Å². The highest BCUT2D eigenvalue weighted by Crippen LogP contribution is 2.35. The lowest BCUT2D eigenvalue weighted by atomic mass is 9.87. The van der Waals surface area contributed by atoms with Gasteiger partial charge in [-0.05, 0) is 36.1 Å². The van der Waals surface area contributed by atoms with E-state index in [2.05, 4.69) is 15.3 Å². The number of sulfonamides is 1. The Balaban J connectivity index is 1.82. The maximum atomic E-state index is 13.2. The molecule has 1 aromatic carbocycles. The van der Waals surface area contributed by atoms with Crippen LogP contribution >= 0.6 is 0 Å². The first-order valence-corrected chi connectivity index (χ1v) is 13.1. The SMILES string of the molecule is COCCN(CCC(=O)O)S(=O)(=O)c1ccc([C@@H](CC2CCCC2)C(=O)Nc2ccncn2)cc1. The zero-order valence-corrected chi connectivity index (χ0v) is 20.6. The topological polar surface area (TPSA) is 139 Å². The molecule has 1 atom stereocenters. The molecule has 1 aliphatic rings. The van der Waals surface area contributed by atoms with E-state index < -0.39 is 21.9 Å². The number of hydrogen-bond acceptors (Lipinski definition) is 7. The van der Waals surface area contributed by atoms with Gasteiger partial charge in [-0.25, -0.2) is 18.4 Å². The number of methoxy groups -OCH3 is 1. The van der Waals surface area contributed by atoms with Gasteiger partial charge in [0.1, 0.15) is 12.1 Å². The van der Waals surface area contributed by atoms with Crippen LogP contribution in [0.5, 0.6) is 0 Å². The molecule has 10 nitrogen and oxygen atoms in total. The summed E-state index contributed by atoms with van der Waals surface area (Å²) < 4.78 is 32.4. The van der Waals surface area contributed by atoms with Gasteiger partial charge in [0.15, 0.2) is 0 Å². The van der Waals surface area contributed by atoms with Crippen LogP contribution in [0.1, 0.15) is 50.0 Å². The Labute approximate surface area is 205 Å². The van der Waals surface area contributed by atoms with Crippen LogP contribution in [-0.4, -0.2) is 66.5 Å². The summed E-state index contributed by atoms with van der Waals surface area (Å²) in [4.78, 5) is 32.2. The molecule has 1 saturated carbocycles. The maximum Gasteiger partial charge on any atom is 0.304 e. The third-order valence-electron chi connectivity index (χ3n) is 6.23. The quantitative estimate of drug-likeness (QED) is 0.425. The molecule has 1 aliphatic carbocycles. The Morgan fingerprint density at radius 3 is 2.49 bits per heavy atom. The molecule has 11 heteroatoms. The average molecular weight is 505 g/mol. The number of carbonyl (C=O) groups is 2. The Hall–Kier alpha value is -2.89. The Morgan fingerprint density at radius 2 is 1.89 bits per heavy atom. The molecule has 1 amide bonds. The van der Waals surface area contributed by atoms with Crippen LogP contribution in [0, 0.1) is 5.92 Å². The minimum atomic E-state index is -3.93. The summed E-state index contributed by atoms with van der Waals surface area (Å²) in [6, 6.07) is 7.90. The van der Waals surface area contributed by atoms with Crippen LogP contribution in [0.3, 0.4) is 0 Å². The van der Waals surface area contributed by atoms with Gasteiger partial charge in [0.25, 0.3) is 0 Å². The second kappa shape index (κ2) is 12.7. The molecule has 0 unspecified atom stereocenters. The highest BCUT2D eigenvalue weighted by Gasteiger charge is 2.29. The van der Waals surface area contributed by atoms with Crippen molar-refractivity contribution in [3.63, 3.8) is 0 Å². The Kier molecular flexibility index (Phi) is 9.70. The molecule has 1 fully saturated rings. The average Bonchev–Trinajstić information content (AvgIpc) is 3.36. The van der Waals surface area contributed by atoms with E-state index in [-0.39, 0.29) is 36.9 Å². The smallest absolute Gasteiger partial charge is 0.304 e. The van der Waals surface area contributed by atoms with Crippen molar-refractivity contribution in [2.75, 3.05) is 32.1 Å². The molecular weight excluding hydrogens is 472 g/mol. The van der Waals surface area contributed by atoms with E-state index >= 15 is 0 Å². The molecule has 0 spiro atoms. The molecule has 3 rings (SSSR count). The molecule has 0 saturated heterocycles. The van der Waals surface area contributed by atoms with Gasteiger partial charge in [0, 0.05) is 26.4 Å². The van der Waals surface area contributed by atoms with Gasteiger partial charge in [-0.15, -0.1) is 0 Å². The van der Waals surface area contributed by atoms with Crippen LogP contribution in [0.4, 0.5) is 5.82 Å². The zero-order valence-electron chi connectivity index (χ0n) is 19.8. The van der Waals surface area contributed by atoms with E-state index in [1.165, 1.54) is 25.6 Å². The summed E-state index contributed by atoms with van der Waals surface area (Å²) in [5.74, 6) is -0.897. The number of aliphatic carboxylic acids is 1. The van der Waals surface area contributed by atoms with Crippen molar-refractivity contribution in [2.45, 2.75) is 49.3 Å². The van der Waals surface area contributed by atoms with E-state index in [0.717, 1.165) is 35.6 Å². The third kappa shape index (κ3) is 7.55. The summed E-state index contributed by atoms with van der Waals surface area (Å²) in [6.45, 7) is 0.0253. The van der Waals surface area contributed by atoms with Gasteiger partial charge in [0.2, 0.25) is 15.9 Å². The van der Waals surface area contributed by atoms with Crippen LogP contribution in [0.15, 0.2) is 47.8 Å². The molecule has 0 radical (unpaired) electrons. The zero-order chi connectivity index (χ0) is 25.3. The summed E-state index contributed by atoms with van der Waals surface area (Å²) >= 11 is 0. The number of carboxylic acids is 1. The Morgan fingerprint density at radius 1 is 1.17 bits per heavy atom. The van der Waals surface area contributed by atoms with E-state index in [0.29, 0.717) is 18.2 Å². The number of benzene rings is 1. The summed E-state index contributed by atoms with van der Waals surface area (Å²) in [5.41, 5.74) is 0.719. The molecule has 1 heterocycles. The molecular formula is C24H32N4O6S. The number of carboxylic acid groups (broad SMARTS) is 1. The van der Waals surface area contributed by atoms with E-state index in [4.69, 9.17) is 9.84 Å². The molecule has 0 aliphatic heterocycles. The van der Waals surface area contributed by atoms with Gasteiger partial charge in [-0.3, -0.25) is 9.59 Å². The van der Waals surface area contributed by atoms with Gasteiger partial charge in [-0.1, -0.05) is 37.8 Å². The van der Waals surface area contributed by atoms with Crippen molar-refractivity contribution in [1.82, 2.24) is 14.3 Å². The fourth-order valence-electron chi connectivity index (χ4n) is 4.34. The number of aromatic nitrogens is 2. The second-order valence-corrected chi connectivity index (χ2v) is 10.6. The first kappa shape index (κ1) is 26.7. The lowest BCUT2D eigenvalue weighted by Gasteiger charge is -2.23. The number of rotatable bonds is 13. The van der Waals surface area contributed by atoms with Crippen LogP contribution in [0.25, 0.3) is 0 Å². The monoisotopic (exact) mass is 504 g/mol. The van der Waals surface area contributed by atoms with Gasteiger partial charge >= 0.3 is 5.97 Å². The number of amides is 1. The van der Waals surface area contributed by atoms with Crippen molar-refractivity contribution in [3.05, 3.63) is 48.4 Å². The van der Waals surface area contributed by atoms with Gasteiger partial charge in [0.05, 0.1) is 23.8 Å². The normalized spacial score (nSPS) is 15.3. The summed E-state index contributed by atoms with van der Waals surface area (Å²) in [6.07, 6.45) is 7.71. The molecule has 0 bridgehead atoms. The first-order valence-electron chi connectivity index (χ1n) is 11.7. The number of nitrogens with one attached hydrogen (secondary N) is 1. The highest BCUT2D eigenvalue weighted by molar-refractivity contribution is 7.89. The Bertz CT molecular complexity index is 1070. The van der Waals surface area contributed by atoms with Crippen molar-refractivity contribution >= 4 is 27.7 Å². The minimum Gasteiger partial charge on any atom is -0.481 e. The largest absolute Gasteiger partial charge is 0.481 e. The third-order valence-corrected chi connectivity index (χ3v) is 8.15. The minimum absolute atomic E-state index is 0.0403. The van der Waals surface area contributed by atoms with Gasteiger partial charge < -0.3 is 15.2 Å². The fraction of sp³-hybridized carbons (Fsp3) is 0.500. The molecule has 2 aromatic rings. The lowest BCUT2D eigenvalue weighted by molar-refractivity contribution is -0.137. The van der Waals surface area contributed by atoms with Crippen LogP contribution < -0.4 is 5.32 Å². The van der Waals surface area contributed by atoms with Crippen molar-refractivity contribution in [2.24, 2.45) is 5.92 Å². The first-order chi connectivity index (χ1) is 16.8. The number of carbonyl (C=O) groups excluding carboxylic acids is 1. The van der Waals surface area contributed by atoms with Gasteiger partial charge in [-0.2, -0.15) is 4.31 Å². The summed E-state index contributed by atoms with van der Waals surface area (Å²) in [7, 11) is -2.48. The fourth-order valence-corrected chi connectivity index (χ4v) is 5.76. The van der Waals surface area contributed by atoms with E-state index in [1.54, 1.807) is 24.4 Å². The predicted octanol–water partition coefficient (Wildman–Crippen LogP) is 2.89. The van der Waals surface area contributed by atoms with E-state index in [1.807, 2.05) is 0 Å². The summed E-state index contributed by atoms with van der Waals surface area (Å²) in [5, 5.41) is 11.8. The molecule has 2 N–H and O–H groups in total. The lowest BCUT2D eigenvalue weighted by Crippen LogP contribution is -2.35. The number of anilines is 1. The number of ether oxygens (including phenoxy) is 1. The van der Waals surface area contributed by atoms with Crippen LogP contribution in [0.2, 0.25) is 0 Å². The van der Waals surface area contributed by atoms with Crippen molar-refractivity contribution < 1.29 is 27.9 Å². The molecule has 1 aromatic heterocycles. The predicted molar refractivity (Wildman–Crippen MR) is 129 cm³/mol. The number of nitrogens with zero attached hydrogens (tertiary/aromatic N) is 3. The number of hydrogen-bond donors (Lipinski definition) is 2. The maximum absolute atomic E-state index is 13.2. The van der Waals surface area contributed by atoms with E-state index in [9.17, 15) is 18.0 Å². The second-order valence-electron chi connectivity index (χ2n) is 8.63. The highest BCUT2D eigenvalue weighted by atomic mass is 32.2.